The van der Waals surface area contributed by atoms with Crippen molar-refractivity contribution in [3.8, 4) is 0 Å². The molecule has 1 saturated carbocycles. The van der Waals surface area contributed by atoms with Crippen LogP contribution in [0, 0.1) is 17.8 Å². The lowest BCUT2D eigenvalue weighted by molar-refractivity contribution is -0.104. The Hall–Kier alpha value is -1.49. The lowest BCUT2D eigenvalue weighted by Crippen LogP contribution is -2.32. The minimum atomic E-state index is 0.593. The smallest absolute Gasteiger partial charge is 0.224 e. The second kappa shape index (κ2) is 6.10. The molecular formula is C14H22N4O. The normalized spacial score (nSPS) is 30.2. The highest BCUT2D eigenvalue weighted by Gasteiger charge is 2.55. The Morgan fingerprint density at radius 2 is 2.16 bits per heavy atom. The van der Waals surface area contributed by atoms with Gasteiger partial charge < -0.3 is 10.2 Å². The van der Waals surface area contributed by atoms with Gasteiger partial charge in [0.2, 0.25) is 5.96 Å². The van der Waals surface area contributed by atoms with Crippen LogP contribution in [0.5, 0.6) is 0 Å². The highest BCUT2D eigenvalue weighted by Crippen LogP contribution is 2.51. The number of likely N-dealkylation sites (tertiary alicyclic amines) is 1. The SMILES string of the molecule is C=NC(=N/C=C(\C)C=O)N1CC2C(CNCC)C2C1. The van der Waals surface area contributed by atoms with Gasteiger partial charge in [-0.25, -0.2) is 9.98 Å². The molecule has 1 aliphatic carbocycles. The molecule has 5 nitrogen and oxygen atoms in total. The first-order valence-corrected chi connectivity index (χ1v) is 6.83. The second-order valence-electron chi connectivity index (χ2n) is 5.28. The summed E-state index contributed by atoms with van der Waals surface area (Å²) in [7, 11) is 0. The Morgan fingerprint density at radius 1 is 1.47 bits per heavy atom. The summed E-state index contributed by atoms with van der Waals surface area (Å²) in [4.78, 5) is 20.9. The fraction of sp³-hybridized carbons (Fsp3) is 0.643. The molecule has 2 rings (SSSR count). The number of carbonyl (C=O) groups is 1. The predicted molar refractivity (Wildman–Crippen MR) is 77.4 cm³/mol. The predicted octanol–water partition coefficient (Wildman–Crippen LogP) is 0.933. The van der Waals surface area contributed by atoms with Crippen molar-refractivity contribution in [2.45, 2.75) is 13.8 Å². The summed E-state index contributed by atoms with van der Waals surface area (Å²) in [6.45, 7) is 11.6. The van der Waals surface area contributed by atoms with Crippen LogP contribution in [0.25, 0.3) is 0 Å². The molecule has 2 unspecified atom stereocenters. The molecule has 0 radical (unpaired) electrons. The third kappa shape index (κ3) is 3.10. The van der Waals surface area contributed by atoms with Gasteiger partial charge in [0, 0.05) is 24.9 Å². The molecule has 1 N–H and O–H groups in total. The average Bonchev–Trinajstić information content (AvgIpc) is 2.87. The van der Waals surface area contributed by atoms with Crippen LogP contribution in [-0.2, 0) is 4.79 Å². The number of aliphatic imine (C=N–C) groups is 2. The molecule has 5 heteroatoms. The van der Waals surface area contributed by atoms with E-state index in [1.807, 2.05) is 0 Å². The molecule has 1 saturated heterocycles. The van der Waals surface area contributed by atoms with E-state index in [1.165, 1.54) is 0 Å². The average molecular weight is 262 g/mol. The van der Waals surface area contributed by atoms with Gasteiger partial charge in [0.25, 0.3) is 0 Å². The zero-order chi connectivity index (χ0) is 13.8. The quantitative estimate of drug-likeness (QED) is 0.347. The molecular weight excluding hydrogens is 240 g/mol. The number of fused-ring (bicyclic) bond motifs is 1. The topological polar surface area (TPSA) is 57.1 Å². The van der Waals surface area contributed by atoms with Gasteiger partial charge in [-0.15, -0.1) is 0 Å². The van der Waals surface area contributed by atoms with Gasteiger partial charge in [0.1, 0.15) is 6.29 Å². The molecule has 0 aromatic heterocycles. The summed E-state index contributed by atoms with van der Waals surface area (Å²) < 4.78 is 0. The van der Waals surface area contributed by atoms with Crippen molar-refractivity contribution in [2.24, 2.45) is 27.7 Å². The fourth-order valence-corrected chi connectivity index (χ4v) is 2.84. The summed E-state index contributed by atoms with van der Waals surface area (Å²) >= 11 is 0. The molecule has 104 valence electrons. The maximum Gasteiger partial charge on any atom is 0.224 e. The maximum atomic E-state index is 10.5. The number of piperidine rings is 1. The van der Waals surface area contributed by atoms with E-state index >= 15 is 0 Å². The number of nitrogens with zero attached hydrogens (tertiary/aromatic N) is 3. The standard InChI is InChI=1S/C14H22N4O/c1-4-16-6-11-12-7-18(8-13(11)12)14(15-3)17-5-10(2)9-19/h5,9,11-13,16H,3-4,6-8H2,1-2H3/b10-5+,17-14?. The van der Waals surface area contributed by atoms with E-state index in [1.54, 1.807) is 13.1 Å². The Kier molecular flexibility index (Phi) is 4.47. The zero-order valence-corrected chi connectivity index (χ0v) is 11.7. The summed E-state index contributed by atoms with van der Waals surface area (Å²) in [5, 5.41) is 3.41. The number of allylic oxidation sites excluding steroid dienone is 1. The number of hydrogen-bond donors (Lipinski definition) is 1. The molecule has 2 fully saturated rings. The van der Waals surface area contributed by atoms with E-state index in [0.717, 1.165) is 50.2 Å². The van der Waals surface area contributed by atoms with Crippen LogP contribution in [0.15, 0.2) is 21.8 Å². The van der Waals surface area contributed by atoms with Crippen LogP contribution >= 0.6 is 0 Å². The van der Waals surface area contributed by atoms with Crippen LogP contribution in [0.3, 0.4) is 0 Å². The monoisotopic (exact) mass is 262 g/mol. The number of hydrogen-bond acceptors (Lipinski definition) is 3. The van der Waals surface area contributed by atoms with Crippen molar-refractivity contribution >= 4 is 19.0 Å². The molecule has 19 heavy (non-hydrogen) atoms. The summed E-state index contributed by atoms with van der Waals surface area (Å²) in [5.74, 6) is 2.98. The van der Waals surface area contributed by atoms with E-state index in [9.17, 15) is 4.79 Å². The van der Waals surface area contributed by atoms with Crippen molar-refractivity contribution in [3.63, 3.8) is 0 Å². The Morgan fingerprint density at radius 3 is 2.68 bits per heavy atom. The van der Waals surface area contributed by atoms with E-state index in [0.29, 0.717) is 11.5 Å². The second-order valence-corrected chi connectivity index (χ2v) is 5.28. The summed E-state index contributed by atoms with van der Waals surface area (Å²) in [5.41, 5.74) is 0.593. The van der Waals surface area contributed by atoms with Crippen molar-refractivity contribution in [1.82, 2.24) is 10.2 Å². The van der Waals surface area contributed by atoms with Crippen LogP contribution in [0.2, 0.25) is 0 Å². The minimum Gasteiger partial charge on any atom is -0.340 e. The molecule has 2 aliphatic rings. The number of nitrogens with one attached hydrogen (secondary N) is 1. The highest BCUT2D eigenvalue weighted by atomic mass is 16.1. The van der Waals surface area contributed by atoms with E-state index in [2.05, 4.69) is 33.8 Å². The van der Waals surface area contributed by atoms with Crippen molar-refractivity contribution in [1.29, 1.82) is 0 Å². The minimum absolute atomic E-state index is 0.593. The Labute approximate surface area is 114 Å². The number of carbonyl (C=O) groups excluding carboxylic acids is 1. The van der Waals surface area contributed by atoms with Crippen molar-refractivity contribution < 1.29 is 4.79 Å². The largest absolute Gasteiger partial charge is 0.340 e. The lowest BCUT2D eigenvalue weighted by atomic mass is 10.2. The summed E-state index contributed by atoms with van der Waals surface area (Å²) in [6, 6.07) is 0. The summed E-state index contributed by atoms with van der Waals surface area (Å²) in [6.07, 6.45) is 2.34. The number of guanidine groups is 1. The van der Waals surface area contributed by atoms with E-state index in [-0.39, 0.29) is 0 Å². The van der Waals surface area contributed by atoms with E-state index in [4.69, 9.17) is 0 Å². The maximum absolute atomic E-state index is 10.5. The molecule has 0 aromatic carbocycles. The van der Waals surface area contributed by atoms with Gasteiger partial charge in [-0.2, -0.15) is 0 Å². The van der Waals surface area contributed by atoms with Gasteiger partial charge >= 0.3 is 0 Å². The molecule has 0 aromatic rings. The first kappa shape index (κ1) is 13.9. The van der Waals surface area contributed by atoms with Crippen molar-refractivity contribution in [2.75, 3.05) is 26.2 Å². The van der Waals surface area contributed by atoms with Gasteiger partial charge in [-0.1, -0.05) is 6.92 Å². The highest BCUT2D eigenvalue weighted by molar-refractivity contribution is 5.85. The van der Waals surface area contributed by atoms with Gasteiger partial charge in [-0.05, 0) is 44.5 Å². The molecule has 0 bridgehead atoms. The third-order valence-electron chi connectivity index (χ3n) is 4.00. The fourth-order valence-electron chi connectivity index (χ4n) is 2.84. The van der Waals surface area contributed by atoms with Crippen LogP contribution in [-0.4, -0.2) is 50.0 Å². The van der Waals surface area contributed by atoms with Crippen molar-refractivity contribution in [3.05, 3.63) is 11.8 Å². The molecule has 0 amide bonds. The number of aldehydes is 1. The molecule has 0 spiro atoms. The van der Waals surface area contributed by atoms with Gasteiger partial charge in [-0.3, -0.25) is 4.79 Å². The number of rotatable bonds is 5. The zero-order valence-electron chi connectivity index (χ0n) is 11.7. The lowest BCUT2D eigenvalue weighted by Gasteiger charge is -2.20. The van der Waals surface area contributed by atoms with Gasteiger partial charge in [0.15, 0.2) is 0 Å². The first-order chi connectivity index (χ1) is 9.21. The van der Waals surface area contributed by atoms with Crippen LogP contribution in [0.1, 0.15) is 13.8 Å². The van der Waals surface area contributed by atoms with Crippen LogP contribution in [0.4, 0.5) is 0 Å². The molecule has 1 aliphatic heterocycles. The molecule has 1 heterocycles. The van der Waals surface area contributed by atoms with Crippen LogP contribution < -0.4 is 5.32 Å². The van der Waals surface area contributed by atoms with Gasteiger partial charge in [0.05, 0.1) is 0 Å². The first-order valence-electron chi connectivity index (χ1n) is 6.83. The third-order valence-corrected chi connectivity index (χ3v) is 4.00. The Bertz CT molecular complexity index is 404. The molecule has 2 atom stereocenters. The van der Waals surface area contributed by atoms with E-state index < -0.39 is 0 Å². The Balaban J connectivity index is 1.88.